The second-order valence-corrected chi connectivity index (χ2v) is 6.04. The quantitative estimate of drug-likeness (QED) is 0.718. The highest BCUT2D eigenvalue weighted by Gasteiger charge is 2.15. The lowest BCUT2D eigenvalue weighted by molar-refractivity contribution is 0.0530. The first-order valence-corrected chi connectivity index (χ1v) is 7.86. The first-order valence-electron chi connectivity index (χ1n) is 6.27. The van der Waals surface area contributed by atoms with Crippen LogP contribution in [0.1, 0.15) is 19.4 Å². The Morgan fingerprint density at radius 1 is 1.20 bits per heavy atom. The summed E-state index contributed by atoms with van der Waals surface area (Å²) in [5.41, 5.74) is 1.13. The molecule has 0 radical (unpaired) electrons. The highest BCUT2D eigenvalue weighted by Crippen LogP contribution is 2.28. The third-order valence-electron chi connectivity index (χ3n) is 2.50. The molecular weight excluding hydrogens is 388 g/mol. The molecule has 20 heavy (non-hydrogen) atoms. The molecule has 0 unspecified atom stereocenters. The largest absolute Gasteiger partial charge is 0.462 e. The van der Waals surface area contributed by atoms with Crippen molar-refractivity contribution in [2.45, 2.75) is 33.3 Å². The zero-order chi connectivity index (χ0) is 14.5. The van der Waals surface area contributed by atoms with Crippen molar-refractivity contribution >= 4 is 31.9 Å². The molecule has 0 aliphatic carbocycles. The van der Waals surface area contributed by atoms with E-state index in [4.69, 9.17) is 9.47 Å². The van der Waals surface area contributed by atoms with Gasteiger partial charge in [-0.25, -0.2) is 0 Å². The fourth-order valence-corrected chi connectivity index (χ4v) is 2.34. The van der Waals surface area contributed by atoms with Crippen molar-refractivity contribution in [3.05, 3.63) is 45.1 Å². The van der Waals surface area contributed by atoms with Crippen LogP contribution >= 0.6 is 31.9 Å². The lowest BCUT2D eigenvalue weighted by atomic mass is 10.2. The van der Waals surface area contributed by atoms with Crippen LogP contribution in [-0.2, 0) is 18.1 Å². The molecule has 0 fully saturated rings. The fourth-order valence-electron chi connectivity index (χ4n) is 1.63. The molecule has 4 nitrogen and oxygen atoms in total. The number of nitrogens with zero attached hydrogens (tertiary/aromatic N) is 2. The van der Waals surface area contributed by atoms with E-state index in [-0.39, 0.29) is 6.10 Å². The van der Waals surface area contributed by atoms with E-state index in [1.54, 1.807) is 0 Å². The average Bonchev–Trinajstić information content (AvgIpc) is 2.67. The minimum atomic E-state index is 0.0593. The maximum atomic E-state index is 5.71. The Labute approximate surface area is 135 Å². The number of rotatable bonds is 6. The van der Waals surface area contributed by atoms with Gasteiger partial charge in [-0.3, -0.25) is 4.57 Å². The Morgan fingerprint density at radius 3 is 2.55 bits per heavy atom. The third-order valence-corrected chi connectivity index (χ3v) is 4.39. The van der Waals surface area contributed by atoms with Gasteiger partial charge in [-0.05, 0) is 51.3 Å². The van der Waals surface area contributed by atoms with Crippen LogP contribution in [0.15, 0.2) is 39.5 Å². The molecule has 0 spiro atoms. The molecule has 2 aromatic rings. The minimum Gasteiger partial charge on any atom is -0.462 e. The van der Waals surface area contributed by atoms with E-state index in [1.807, 2.05) is 48.7 Å². The molecule has 0 bridgehead atoms. The zero-order valence-corrected chi connectivity index (χ0v) is 14.5. The SMILES string of the molecule is CC(C)Oc1nc(Br)c(Br)n1COCc1ccccc1. The number of hydrogen-bond donors (Lipinski definition) is 0. The highest BCUT2D eigenvalue weighted by atomic mass is 79.9. The van der Waals surface area contributed by atoms with Crippen LogP contribution in [0.4, 0.5) is 0 Å². The minimum absolute atomic E-state index is 0.0593. The van der Waals surface area contributed by atoms with Crippen LogP contribution in [0.5, 0.6) is 6.01 Å². The molecule has 1 aromatic carbocycles. The first kappa shape index (κ1) is 15.5. The number of ether oxygens (including phenoxy) is 2. The molecule has 0 saturated carbocycles. The molecule has 1 heterocycles. The molecule has 0 atom stereocenters. The monoisotopic (exact) mass is 402 g/mol. The van der Waals surface area contributed by atoms with Crippen molar-refractivity contribution in [1.82, 2.24) is 9.55 Å². The Hall–Kier alpha value is -0.850. The van der Waals surface area contributed by atoms with Gasteiger partial charge in [0.1, 0.15) is 15.9 Å². The van der Waals surface area contributed by atoms with Gasteiger partial charge in [0, 0.05) is 0 Å². The lowest BCUT2D eigenvalue weighted by Crippen LogP contribution is -2.12. The summed E-state index contributed by atoms with van der Waals surface area (Å²) in [7, 11) is 0. The standard InChI is InChI=1S/C14H16Br2N2O2/c1-10(2)20-14-17-12(15)13(16)18(14)9-19-8-11-6-4-3-5-7-11/h3-7,10H,8-9H2,1-2H3. The van der Waals surface area contributed by atoms with Crippen molar-refractivity contribution < 1.29 is 9.47 Å². The summed E-state index contributed by atoms with van der Waals surface area (Å²) in [5, 5.41) is 0. The first-order chi connectivity index (χ1) is 9.58. The maximum Gasteiger partial charge on any atom is 0.300 e. The van der Waals surface area contributed by atoms with E-state index in [1.165, 1.54) is 0 Å². The third kappa shape index (κ3) is 4.07. The zero-order valence-electron chi connectivity index (χ0n) is 11.3. The van der Waals surface area contributed by atoms with Gasteiger partial charge in [-0.2, -0.15) is 4.98 Å². The van der Waals surface area contributed by atoms with Gasteiger partial charge in [0.15, 0.2) is 0 Å². The van der Waals surface area contributed by atoms with Crippen LogP contribution in [0.3, 0.4) is 0 Å². The molecular formula is C14H16Br2N2O2. The van der Waals surface area contributed by atoms with Crippen LogP contribution in [0.25, 0.3) is 0 Å². The van der Waals surface area contributed by atoms with Gasteiger partial charge in [0.2, 0.25) is 0 Å². The topological polar surface area (TPSA) is 36.3 Å². The molecule has 0 N–H and O–H groups in total. The molecule has 0 aliphatic heterocycles. The Balaban J connectivity index is 2.01. The Morgan fingerprint density at radius 2 is 1.90 bits per heavy atom. The number of aromatic nitrogens is 2. The second kappa shape index (κ2) is 7.24. The van der Waals surface area contributed by atoms with Gasteiger partial charge < -0.3 is 9.47 Å². The van der Waals surface area contributed by atoms with Gasteiger partial charge in [-0.1, -0.05) is 30.3 Å². The lowest BCUT2D eigenvalue weighted by Gasteiger charge is -2.12. The fraction of sp³-hybridized carbons (Fsp3) is 0.357. The highest BCUT2D eigenvalue weighted by molar-refractivity contribution is 9.13. The van der Waals surface area contributed by atoms with Crippen molar-refractivity contribution in [3.8, 4) is 6.01 Å². The van der Waals surface area contributed by atoms with Crippen LogP contribution < -0.4 is 4.74 Å². The van der Waals surface area contributed by atoms with Crippen molar-refractivity contribution in [1.29, 1.82) is 0 Å². The number of benzene rings is 1. The number of imidazole rings is 1. The second-order valence-electron chi connectivity index (χ2n) is 4.53. The number of hydrogen-bond acceptors (Lipinski definition) is 3. The molecule has 0 saturated heterocycles. The summed E-state index contributed by atoms with van der Waals surface area (Å²) in [6.07, 6.45) is 0.0593. The molecule has 108 valence electrons. The Kier molecular flexibility index (Phi) is 5.63. The maximum absolute atomic E-state index is 5.71. The van der Waals surface area contributed by atoms with Crippen molar-refractivity contribution in [2.24, 2.45) is 0 Å². The summed E-state index contributed by atoms with van der Waals surface area (Å²) in [6.45, 7) is 4.84. The van der Waals surface area contributed by atoms with E-state index in [2.05, 4.69) is 36.8 Å². The van der Waals surface area contributed by atoms with Gasteiger partial charge in [0.05, 0.1) is 12.7 Å². The molecule has 0 aliphatic rings. The van der Waals surface area contributed by atoms with E-state index >= 15 is 0 Å². The summed E-state index contributed by atoms with van der Waals surface area (Å²) in [6, 6.07) is 10.6. The summed E-state index contributed by atoms with van der Waals surface area (Å²) >= 11 is 6.85. The van der Waals surface area contributed by atoms with Crippen LogP contribution in [-0.4, -0.2) is 15.7 Å². The predicted octanol–water partition coefficient (Wildman–Crippen LogP) is 4.37. The van der Waals surface area contributed by atoms with E-state index in [0.717, 1.165) is 10.2 Å². The van der Waals surface area contributed by atoms with E-state index in [0.29, 0.717) is 24.0 Å². The normalized spacial score (nSPS) is 11.1. The van der Waals surface area contributed by atoms with Gasteiger partial charge in [-0.15, -0.1) is 0 Å². The molecule has 2 rings (SSSR count). The predicted molar refractivity (Wildman–Crippen MR) is 84.6 cm³/mol. The smallest absolute Gasteiger partial charge is 0.300 e. The van der Waals surface area contributed by atoms with Crippen molar-refractivity contribution in [3.63, 3.8) is 0 Å². The summed E-state index contributed by atoms with van der Waals surface area (Å²) in [4.78, 5) is 4.31. The van der Waals surface area contributed by atoms with Gasteiger partial charge in [0.25, 0.3) is 0 Å². The Bertz CT molecular complexity index is 556. The average molecular weight is 404 g/mol. The summed E-state index contributed by atoms with van der Waals surface area (Å²) < 4.78 is 14.7. The van der Waals surface area contributed by atoms with Crippen LogP contribution in [0.2, 0.25) is 0 Å². The van der Waals surface area contributed by atoms with Crippen molar-refractivity contribution in [2.75, 3.05) is 0 Å². The molecule has 0 amide bonds. The summed E-state index contributed by atoms with van der Waals surface area (Å²) in [5.74, 6) is 0. The van der Waals surface area contributed by atoms with E-state index in [9.17, 15) is 0 Å². The molecule has 1 aromatic heterocycles. The number of halogens is 2. The van der Waals surface area contributed by atoms with Crippen LogP contribution in [0, 0.1) is 0 Å². The molecule has 6 heteroatoms. The van der Waals surface area contributed by atoms with E-state index < -0.39 is 0 Å². The van der Waals surface area contributed by atoms with Gasteiger partial charge >= 0.3 is 6.01 Å².